The molecule has 1 saturated heterocycles. The van der Waals surface area contributed by atoms with Gasteiger partial charge < -0.3 is 5.32 Å². The molecule has 0 aliphatic carbocycles. The summed E-state index contributed by atoms with van der Waals surface area (Å²) in [6.45, 7) is 1.15. The first kappa shape index (κ1) is 11.2. The van der Waals surface area contributed by atoms with E-state index in [-0.39, 0.29) is 0 Å². The van der Waals surface area contributed by atoms with Crippen LogP contribution in [0.2, 0.25) is 4.34 Å². The lowest BCUT2D eigenvalue weighted by molar-refractivity contribution is 0.599. The molecule has 1 aromatic heterocycles. The SMILES string of the molecule is Clc1ccc(/C=C/C2CCCCCN2)s1. The molecule has 2 rings (SSSR count). The standard InChI is InChI=1S/C12H16ClNS/c13-12-8-7-11(15-12)6-5-10-4-2-1-3-9-14-10/h5-8,10,14H,1-4,9H2/b6-5+. The Morgan fingerprint density at radius 3 is 3.07 bits per heavy atom. The van der Waals surface area contributed by atoms with Gasteiger partial charge in [0, 0.05) is 10.9 Å². The van der Waals surface area contributed by atoms with Crippen LogP contribution in [0.3, 0.4) is 0 Å². The van der Waals surface area contributed by atoms with Crippen LogP contribution in [0.1, 0.15) is 30.6 Å². The Bertz CT molecular complexity index is 324. The van der Waals surface area contributed by atoms with E-state index in [1.165, 1.54) is 30.6 Å². The average molecular weight is 242 g/mol. The largest absolute Gasteiger partial charge is 0.311 e. The van der Waals surface area contributed by atoms with Crippen molar-refractivity contribution >= 4 is 29.0 Å². The lowest BCUT2D eigenvalue weighted by Crippen LogP contribution is -2.25. The van der Waals surface area contributed by atoms with E-state index in [2.05, 4.69) is 23.5 Å². The van der Waals surface area contributed by atoms with Gasteiger partial charge in [-0.2, -0.15) is 0 Å². The van der Waals surface area contributed by atoms with Crippen molar-refractivity contribution in [1.82, 2.24) is 5.32 Å². The molecule has 1 unspecified atom stereocenters. The second kappa shape index (κ2) is 5.69. The third kappa shape index (κ3) is 3.63. The van der Waals surface area contributed by atoms with Crippen molar-refractivity contribution in [2.24, 2.45) is 0 Å². The first-order valence-electron chi connectivity index (χ1n) is 5.51. The minimum atomic E-state index is 0.549. The summed E-state index contributed by atoms with van der Waals surface area (Å²) in [4.78, 5) is 1.24. The van der Waals surface area contributed by atoms with Crippen molar-refractivity contribution in [3.05, 3.63) is 27.4 Å². The zero-order valence-corrected chi connectivity index (χ0v) is 10.3. The van der Waals surface area contributed by atoms with Crippen molar-refractivity contribution in [1.29, 1.82) is 0 Å². The highest BCUT2D eigenvalue weighted by Crippen LogP contribution is 2.22. The van der Waals surface area contributed by atoms with Gasteiger partial charge in [0.05, 0.1) is 4.34 Å². The van der Waals surface area contributed by atoms with Gasteiger partial charge in [0.15, 0.2) is 0 Å². The molecule has 82 valence electrons. The van der Waals surface area contributed by atoms with E-state index in [9.17, 15) is 0 Å². The maximum absolute atomic E-state index is 5.88. The molecule has 2 heterocycles. The molecule has 0 spiro atoms. The Morgan fingerprint density at radius 2 is 2.27 bits per heavy atom. The van der Waals surface area contributed by atoms with Gasteiger partial charge in [-0.25, -0.2) is 0 Å². The van der Waals surface area contributed by atoms with Crippen LogP contribution in [0.5, 0.6) is 0 Å². The number of hydrogen-bond donors (Lipinski definition) is 1. The van der Waals surface area contributed by atoms with Crippen LogP contribution in [0, 0.1) is 0 Å². The van der Waals surface area contributed by atoms with Crippen LogP contribution in [0.4, 0.5) is 0 Å². The van der Waals surface area contributed by atoms with Gasteiger partial charge >= 0.3 is 0 Å². The molecule has 0 aromatic carbocycles. The summed E-state index contributed by atoms with van der Waals surface area (Å²) >= 11 is 7.51. The molecule has 1 atom stereocenters. The zero-order chi connectivity index (χ0) is 10.5. The predicted molar refractivity (Wildman–Crippen MR) is 68.6 cm³/mol. The van der Waals surface area contributed by atoms with Crippen molar-refractivity contribution in [3.63, 3.8) is 0 Å². The van der Waals surface area contributed by atoms with Gasteiger partial charge in [-0.3, -0.25) is 0 Å². The van der Waals surface area contributed by atoms with E-state index in [0.29, 0.717) is 6.04 Å². The minimum Gasteiger partial charge on any atom is -0.311 e. The highest BCUT2D eigenvalue weighted by atomic mass is 35.5. The summed E-state index contributed by atoms with van der Waals surface area (Å²) in [5.74, 6) is 0. The molecule has 1 N–H and O–H groups in total. The van der Waals surface area contributed by atoms with E-state index in [1.54, 1.807) is 11.3 Å². The number of hydrogen-bond acceptors (Lipinski definition) is 2. The molecular weight excluding hydrogens is 226 g/mol. The van der Waals surface area contributed by atoms with Gasteiger partial charge in [-0.15, -0.1) is 11.3 Å². The Kier molecular flexibility index (Phi) is 4.24. The van der Waals surface area contributed by atoms with Crippen molar-refractivity contribution < 1.29 is 0 Å². The maximum atomic E-state index is 5.88. The third-order valence-electron chi connectivity index (χ3n) is 2.69. The Balaban J connectivity index is 1.92. The molecule has 0 radical (unpaired) electrons. The molecule has 1 aromatic rings. The maximum Gasteiger partial charge on any atom is 0.0934 e. The summed E-state index contributed by atoms with van der Waals surface area (Å²) in [6, 6.07) is 4.57. The number of thiophene rings is 1. The molecule has 1 aliphatic rings. The Hall–Kier alpha value is -0.310. The average Bonchev–Trinajstić information content (AvgIpc) is 2.52. The fourth-order valence-corrected chi connectivity index (χ4v) is 2.82. The normalized spacial score (nSPS) is 23.1. The van der Waals surface area contributed by atoms with E-state index >= 15 is 0 Å². The fourth-order valence-electron chi connectivity index (χ4n) is 1.85. The summed E-state index contributed by atoms with van der Waals surface area (Å²) in [6.07, 6.45) is 9.73. The second-order valence-corrected chi connectivity index (χ2v) is 5.66. The minimum absolute atomic E-state index is 0.549. The Labute approximate surface area is 100 Å². The molecule has 15 heavy (non-hydrogen) atoms. The lowest BCUT2D eigenvalue weighted by Gasteiger charge is -2.09. The summed E-state index contributed by atoms with van der Waals surface area (Å²) in [5.41, 5.74) is 0. The van der Waals surface area contributed by atoms with Gasteiger partial charge in [0.25, 0.3) is 0 Å². The third-order valence-corrected chi connectivity index (χ3v) is 3.88. The summed E-state index contributed by atoms with van der Waals surface area (Å²) in [5, 5.41) is 3.54. The van der Waals surface area contributed by atoms with Gasteiger partial charge in [0.1, 0.15) is 0 Å². The van der Waals surface area contributed by atoms with Crippen LogP contribution in [0.25, 0.3) is 6.08 Å². The predicted octanol–water partition coefficient (Wildman–Crippen LogP) is 3.95. The van der Waals surface area contributed by atoms with Crippen molar-refractivity contribution in [2.45, 2.75) is 31.7 Å². The van der Waals surface area contributed by atoms with Crippen LogP contribution >= 0.6 is 22.9 Å². The molecule has 1 nitrogen and oxygen atoms in total. The van der Waals surface area contributed by atoms with Gasteiger partial charge in [-0.1, -0.05) is 30.5 Å². The summed E-state index contributed by atoms with van der Waals surface area (Å²) in [7, 11) is 0. The lowest BCUT2D eigenvalue weighted by atomic mass is 10.1. The topological polar surface area (TPSA) is 12.0 Å². The van der Waals surface area contributed by atoms with Gasteiger partial charge in [-0.05, 0) is 37.6 Å². The van der Waals surface area contributed by atoms with E-state index in [0.717, 1.165) is 10.9 Å². The van der Waals surface area contributed by atoms with Crippen LogP contribution in [0.15, 0.2) is 18.2 Å². The Morgan fingerprint density at radius 1 is 1.33 bits per heavy atom. The summed E-state index contributed by atoms with van der Waals surface area (Å²) < 4.78 is 0.864. The smallest absolute Gasteiger partial charge is 0.0934 e. The van der Waals surface area contributed by atoms with E-state index < -0.39 is 0 Å². The molecule has 1 aliphatic heterocycles. The highest BCUT2D eigenvalue weighted by Gasteiger charge is 2.07. The molecule has 3 heteroatoms. The molecule has 0 amide bonds. The number of halogens is 1. The van der Waals surface area contributed by atoms with E-state index in [1.807, 2.05) is 6.07 Å². The van der Waals surface area contributed by atoms with E-state index in [4.69, 9.17) is 11.6 Å². The number of nitrogens with one attached hydrogen (secondary N) is 1. The van der Waals surface area contributed by atoms with Gasteiger partial charge in [0.2, 0.25) is 0 Å². The van der Waals surface area contributed by atoms with Crippen LogP contribution in [-0.4, -0.2) is 12.6 Å². The number of rotatable bonds is 2. The highest BCUT2D eigenvalue weighted by molar-refractivity contribution is 7.16. The molecule has 0 bridgehead atoms. The molecule has 0 saturated carbocycles. The zero-order valence-electron chi connectivity index (χ0n) is 8.71. The van der Waals surface area contributed by atoms with Crippen molar-refractivity contribution in [2.75, 3.05) is 6.54 Å². The molecule has 1 fully saturated rings. The van der Waals surface area contributed by atoms with Crippen LogP contribution < -0.4 is 5.32 Å². The van der Waals surface area contributed by atoms with Crippen molar-refractivity contribution in [3.8, 4) is 0 Å². The first-order chi connectivity index (χ1) is 7.34. The fraction of sp³-hybridized carbons (Fsp3) is 0.500. The molecular formula is C12H16ClNS. The monoisotopic (exact) mass is 241 g/mol. The quantitative estimate of drug-likeness (QED) is 0.827. The van der Waals surface area contributed by atoms with Crippen LogP contribution in [-0.2, 0) is 0 Å². The second-order valence-electron chi connectivity index (χ2n) is 3.91. The first-order valence-corrected chi connectivity index (χ1v) is 6.71.